The molecule has 1 aliphatic rings. The van der Waals surface area contributed by atoms with Gasteiger partial charge in [-0.3, -0.25) is 4.79 Å². The van der Waals surface area contributed by atoms with Crippen molar-refractivity contribution in [1.29, 1.82) is 0 Å². The third-order valence-corrected chi connectivity index (χ3v) is 7.69. The number of phenolic OH excluding ortho intramolecular Hbond substituents is 1. The maximum atomic E-state index is 10.7. The van der Waals surface area contributed by atoms with Gasteiger partial charge >= 0.3 is 0 Å². The first-order chi connectivity index (χ1) is 19.0. The zero-order chi connectivity index (χ0) is 26.9. The fourth-order valence-electron chi connectivity index (χ4n) is 5.81. The van der Waals surface area contributed by atoms with Crippen LogP contribution < -0.4 is 0 Å². The van der Waals surface area contributed by atoms with Crippen LogP contribution in [0.4, 0.5) is 0 Å². The van der Waals surface area contributed by atoms with Crippen molar-refractivity contribution >= 4 is 38.5 Å². The molecule has 0 saturated heterocycles. The third-order valence-electron chi connectivity index (χ3n) is 7.69. The number of para-hydroxylation sites is 2. The molecule has 0 spiro atoms. The maximum Gasteiger partial charge on any atom is 0.163 e. The van der Waals surface area contributed by atoms with Crippen LogP contribution in [0.5, 0.6) is 5.75 Å². The SMILES string of the molecule is CC(=O)c1ccccc1O.Cc1[c-]c(-c2ncc(C3CCCC3)c3ccccc23)c2oc3ccccc3c2c1.[Ir]. The van der Waals surface area contributed by atoms with Gasteiger partial charge in [0.05, 0.1) is 11.1 Å². The Kier molecular flexibility index (Phi) is 8.16. The van der Waals surface area contributed by atoms with Crippen LogP contribution in [-0.2, 0) is 20.1 Å². The molecule has 2 aromatic heterocycles. The Morgan fingerprint density at radius 3 is 2.25 bits per heavy atom. The second kappa shape index (κ2) is 11.8. The van der Waals surface area contributed by atoms with Gasteiger partial charge < -0.3 is 14.5 Å². The normalized spacial score (nSPS) is 13.2. The van der Waals surface area contributed by atoms with Gasteiger partial charge in [0.1, 0.15) is 11.3 Å². The number of pyridine rings is 1. The number of aromatic hydroxyl groups is 1. The zero-order valence-corrected chi connectivity index (χ0v) is 24.9. The molecule has 0 atom stereocenters. The molecule has 1 fully saturated rings. The average molecular weight is 705 g/mol. The molecule has 0 aliphatic heterocycles. The Morgan fingerprint density at radius 1 is 0.900 bits per heavy atom. The number of carbonyl (C=O) groups excluding carboxylic acids is 1. The van der Waals surface area contributed by atoms with Gasteiger partial charge in [0.25, 0.3) is 0 Å². The van der Waals surface area contributed by atoms with Gasteiger partial charge in [-0.05, 0) is 65.9 Å². The minimum atomic E-state index is -0.113. The summed E-state index contributed by atoms with van der Waals surface area (Å²) < 4.78 is 6.30. The number of Topliss-reactive ketones (excluding diaryl/α,β-unsaturated/α-hetero) is 1. The molecule has 4 aromatic carbocycles. The summed E-state index contributed by atoms with van der Waals surface area (Å²) in [6, 6.07) is 29.1. The van der Waals surface area contributed by atoms with E-state index < -0.39 is 0 Å². The van der Waals surface area contributed by atoms with E-state index in [4.69, 9.17) is 14.5 Å². The molecule has 0 amide bonds. The van der Waals surface area contributed by atoms with E-state index in [0.29, 0.717) is 11.5 Å². The first kappa shape index (κ1) is 27.8. The van der Waals surface area contributed by atoms with Crippen LogP contribution in [-0.4, -0.2) is 15.9 Å². The molecule has 1 radical (unpaired) electrons. The van der Waals surface area contributed by atoms with E-state index in [-0.39, 0.29) is 31.6 Å². The van der Waals surface area contributed by atoms with Crippen molar-refractivity contribution in [2.45, 2.75) is 45.4 Å². The second-order valence-electron chi connectivity index (χ2n) is 10.3. The minimum Gasteiger partial charge on any atom is -0.507 e. The van der Waals surface area contributed by atoms with Gasteiger partial charge in [0, 0.05) is 31.7 Å². The van der Waals surface area contributed by atoms with Crippen LogP contribution in [0.2, 0.25) is 0 Å². The first-order valence-corrected chi connectivity index (χ1v) is 13.5. The Morgan fingerprint density at radius 2 is 1.55 bits per heavy atom. The summed E-state index contributed by atoms with van der Waals surface area (Å²) in [6.45, 7) is 3.52. The summed E-state index contributed by atoms with van der Waals surface area (Å²) >= 11 is 0. The van der Waals surface area contributed by atoms with Crippen molar-refractivity contribution in [2.75, 3.05) is 0 Å². The molecule has 0 bridgehead atoms. The van der Waals surface area contributed by atoms with Crippen molar-refractivity contribution in [3.8, 4) is 17.0 Å². The van der Waals surface area contributed by atoms with Crippen molar-refractivity contribution < 1.29 is 34.4 Å². The predicted molar refractivity (Wildman–Crippen MR) is 157 cm³/mol. The smallest absolute Gasteiger partial charge is 0.163 e. The maximum absolute atomic E-state index is 10.7. The van der Waals surface area contributed by atoms with E-state index in [0.717, 1.165) is 38.8 Å². The summed E-state index contributed by atoms with van der Waals surface area (Å²) in [5, 5.41) is 13.9. The standard InChI is InChI=1S/C27H22NO.C8H8O2.Ir/c1-17-14-22-20-11-6-7-13-25(20)29-27(22)23(15-17)26-21-12-5-4-10-19(21)24(16-28-26)18-8-2-3-9-18;1-6(9)7-4-2-3-5-8(7)10;/h4-7,10-14,16,18H,2-3,8-9H2,1H3;2-5,10H,1H3;/q-1;;. The summed E-state index contributed by atoms with van der Waals surface area (Å²) in [4.78, 5) is 15.7. The van der Waals surface area contributed by atoms with Crippen LogP contribution in [0.3, 0.4) is 0 Å². The Bertz CT molecular complexity index is 1830. The van der Waals surface area contributed by atoms with Crippen LogP contribution in [0.15, 0.2) is 89.5 Å². The van der Waals surface area contributed by atoms with Crippen LogP contribution in [0, 0.1) is 13.0 Å². The molecule has 1 N–H and O–H groups in total. The Labute approximate surface area is 247 Å². The topological polar surface area (TPSA) is 63.3 Å². The summed E-state index contributed by atoms with van der Waals surface area (Å²) in [6.07, 6.45) is 7.31. The number of hydrogen-bond donors (Lipinski definition) is 1. The molecule has 1 aliphatic carbocycles. The first-order valence-electron chi connectivity index (χ1n) is 13.5. The molecule has 7 rings (SSSR count). The molecular weight excluding hydrogens is 675 g/mol. The Balaban J connectivity index is 0.000000251. The third kappa shape index (κ3) is 5.20. The summed E-state index contributed by atoms with van der Waals surface area (Å²) in [5.41, 5.74) is 6.60. The number of furan rings is 1. The molecule has 6 aromatic rings. The number of hydrogen-bond acceptors (Lipinski definition) is 4. The van der Waals surface area contributed by atoms with Crippen molar-refractivity contribution in [3.63, 3.8) is 0 Å². The summed E-state index contributed by atoms with van der Waals surface area (Å²) in [5.74, 6) is 0.572. The largest absolute Gasteiger partial charge is 0.507 e. The number of phenols is 1. The van der Waals surface area contributed by atoms with Crippen molar-refractivity contribution in [1.82, 2.24) is 4.98 Å². The van der Waals surface area contributed by atoms with Crippen LogP contribution in [0.1, 0.15) is 60.0 Å². The molecule has 2 heterocycles. The van der Waals surface area contributed by atoms with Crippen LogP contribution >= 0.6 is 0 Å². The molecule has 0 unspecified atom stereocenters. The van der Waals surface area contributed by atoms with Gasteiger partial charge in [-0.15, -0.1) is 17.7 Å². The number of benzene rings is 4. The number of ketones is 1. The fraction of sp³-hybridized carbons (Fsp3) is 0.200. The van der Waals surface area contributed by atoms with E-state index in [9.17, 15) is 4.79 Å². The van der Waals surface area contributed by atoms with Gasteiger partial charge in [-0.1, -0.05) is 85.3 Å². The molecular formula is C35H30IrNO3-. The second-order valence-corrected chi connectivity index (χ2v) is 10.3. The van der Waals surface area contributed by atoms with Crippen LogP contribution in [0.25, 0.3) is 44.0 Å². The van der Waals surface area contributed by atoms with E-state index in [2.05, 4.69) is 61.7 Å². The number of rotatable bonds is 3. The molecule has 203 valence electrons. The Hall–Kier alpha value is -3.79. The number of aromatic nitrogens is 1. The zero-order valence-electron chi connectivity index (χ0n) is 22.5. The van der Waals surface area contributed by atoms with Gasteiger partial charge in [-0.25, -0.2) is 0 Å². The van der Waals surface area contributed by atoms with E-state index in [1.807, 2.05) is 12.1 Å². The number of fused-ring (bicyclic) bond motifs is 4. The quantitative estimate of drug-likeness (QED) is 0.148. The molecule has 4 nitrogen and oxygen atoms in total. The minimum absolute atomic E-state index is 0. The van der Waals surface area contributed by atoms with Crippen molar-refractivity contribution in [2.24, 2.45) is 0 Å². The van der Waals surface area contributed by atoms with E-state index in [1.54, 1.807) is 18.2 Å². The average Bonchev–Trinajstić information content (AvgIpc) is 3.61. The molecule has 1 saturated carbocycles. The predicted octanol–water partition coefficient (Wildman–Crippen LogP) is 9.16. The molecule has 40 heavy (non-hydrogen) atoms. The number of nitrogens with zero attached hydrogens (tertiary/aromatic N) is 1. The van der Waals surface area contributed by atoms with E-state index >= 15 is 0 Å². The van der Waals surface area contributed by atoms with Crippen molar-refractivity contribution in [3.05, 3.63) is 108 Å². The van der Waals surface area contributed by atoms with Gasteiger partial charge in [0.15, 0.2) is 5.78 Å². The number of carbonyl (C=O) groups is 1. The fourth-order valence-corrected chi connectivity index (χ4v) is 5.81. The van der Waals surface area contributed by atoms with Gasteiger partial charge in [-0.2, -0.15) is 0 Å². The molecule has 5 heteroatoms. The summed E-state index contributed by atoms with van der Waals surface area (Å²) in [7, 11) is 0. The monoisotopic (exact) mass is 705 g/mol. The van der Waals surface area contributed by atoms with Gasteiger partial charge in [0.2, 0.25) is 0 Å². The van der Waals surface area contributed by atoms with E-state index in [1.165, 1.54) is 55.0 Å². The number of aryl methyl sites for hydroxylation is 1.